The van der Waals surface area contributed by atoms with Crippen LogP contribution in [0, 0.1) is 24.0 Å². The molecule has 160 valence electrons. The summed E-state index contributed by atoms with van der Waals surface area (Å²) in [5, 5.41) is 12.3. The third-order valence-corrected chi connectivity index (χ3v) is 4.84. The summed E-state index contributed by atoms with van der Waals surface area (Å²) in [6.07, 6.45) is 1.08. The Kier molecular flexibility index (Phi) is 6.51. The first kappa shape index (κ1) is 21.8. The van der Waals surface area contributed by atoms with Crippen molar-refractivity contribution in [2.45, 2.75) is 13.8 Å². The van der Waals surface area contributed by atoms with Crippen LogP contribution in [0.5, 0.6) is 17.4 Å². The Hall–Kier alpha value is -3.92. The number of benzene rings is 2. The van der Waals surface area contributed by atoms with E-state index >= 15 is 0 Å². The minimum Gasteiger partial charge on any atom is -0.496 e. The minimum atomic E-state index is -0.706. The van der Waals surface area contributed by atoms with Crippen LogP contribution in [0.3, 0.4) is 0 Å². The Morgan fingerprint density at radius 1 is 1.16 bits per heavy atom. The van der Waals surface area contributed by atoms with Gasteiger partial charge in [-0.2, -0.15) is 4.98 Å². The van der Waals surface area contributed by atoms with Crippen LogP contribution in [0.4, 0.5) is 11.5 Å². The number of halogens is 1. The van der Waals surface area contributed by atoms with Crippen LogP contribution in [0.2, 0.25) is 5.02 Å². The summed E-state index contributed by atoms with van der Waals surface area (Å²) in [4.78, 5) is 31.2. The molecule has 1 aromatic heterocycles. The lowest BCUT2D eigenvalue weighted by molar-refractivity contribution is -0.385. The molecule has 0 aliphatic rings. The number of nitrogens with one attached hydrogen (secondary N) is 2. The van der Waals surface area contributed by atoms with Crippen LogP contribution in [0.1, 0.15) is 21.5 Å². The van der Waals surface area contributed by atoms with Gasteiger partial charge >= 0.3 is 11.6 Å². The molecule has 0 atom stereocenters. The van der Waals surface area contributed by atoms with Crippen molar-refractivity contribution in [3.63, 3.8) is 0 Å². The number of hydrogen-bond donors (Lipinski definition) is 2. The Labute approximate surface area is 182 Å². The smallest absolute Gasteiger partial charge is 0.374 e. The van der Waals surface area contributed by atoms with Gasteiger partial charge in [-0.3, -0.25) is 25.8 Å². The molecule has 0 bridgehead atoms. The maximum absolute atomic E-state index is 12.5. The fourth-order valence-corrected chi connectivity index (χ4v) is 2.89. The van der Waals surface area contributed by atoms with Crippen LogP contribution in [0.15, 0.2) is 42.7 Å². The van der Waals surface area contributed by atoms with Crippen LogP contribution >= 0.6 is 11.6 Å². The molecule has 1 amide bonds. The monoisotopic (exact) mass is 443 g/mol. The maximum atomic E-state index is 12.5. The topological polar surface area (TPSA) is 129 Å². The highest BCUT2D eigenvalue weighted by atomic mass is 35.5. The third-order valence-electron chi connectivity index (χ3n) is 4.24. The van der Waals surface area contributed by atoms with Crippen molar-refractivity contribution in [1.82, 2.24) is 15.4 Å². The number of methoxy groups -OCH3 is 1. The van der Waals surface area contributed by atoms with Crippen LogP contribution in [-0.2, 0) is 0 Å². The molecular weight excluding hydrogens is 426 g/mol. The summed E-state index contributed by atoms with van der Waals surface area (Å²) in [6, 6.07) is 9.80. The number of aryl methyl sites for hydroxylation is 2. The zero-order valence-corrected chi connectivity index (χ0v) is 17.6. The van der Waals surface area contributed by atoms with Crippen molar-refractivity contribution >= 4 is 29.0 Å². The number of hydrogen-bond acceptors (Lipinski definition) is 8. The normalized spacial score (nSPS) is 10.3. The molecule has 31 heavy (non-hydrogen) atoms. The molecule has 0 aliphatic carbocycles. The number of para-hydroxylation sites is 1. The van der Waals surface area contributed by atoms with E-state index in [4.69, 9.17) is 21.1 Å². The van der Waals surface area contributed by atoms with Crippen molar-refractivity contribution in [2.75, 3.05) is 12.5 Å². The summed E-state index contributed by atoms with van der Waals surface area (Å²) in [7, 11) is 1.43. The molecule has 3 aromatic rings. The van der Waals surface area contributed by atoms with Gasteiger partial charge < -0.3 is 9.47 Å². The van der Waals surface area contributed by atoms with Gasteiger partial charge in [0.15, 0.2) is 0 Å². The average molecular weight is 444 g/mol. The van der Waals surface area contributed by atoms with Gasteiger partial charge in [-0.1, -0.05) is 23.7 Å². The van der Waals surface area contributed by atoms with Gasteiger partial charge in [-0.15, -0.1) is 0 Å². The molecule has 11 heteroatoms. The van der Waals surface area contributed by atoms with E-state index in [0.29, 0.717) is 16.5 Å². The highest BCUT2D eigenvalue weighted by molar-refractivity contribution is 6.32. The molecule has 0 fully saturated rings. The zero-order valence-electron chi connectivity index (χ0n) is 16.8. The van der Waals surface area contributed by atoms with Crippen molar-refractivity contribution < 1.29 is 19.2 Å². The predicted octanol–water partition coefficient (Wildman–Crippen LogP) is 4.21. The van der Waals surface area contributed by atoms with Crippen LogP contribution in [-0.4, -0.2) is 27.9 Å². The number of anilines is 1. The number of rotatable bonds is 7. The maximum Gasteiger partial charge on any atom is 0.374 e. The van der Waals surface area contributed by atoms with E-state index in [1.807, 2.05) is 0 Å². The second kappa shape index (κ2) is 9.26. The van der Waals surface area contributed by atoms with Crippen molar-refractivity contribution in [3.8, 4) is 17.4 Å². The lowest BCUT2D eigenvalue weighted by Gasteiger charge is -2.12. The summed E-state index contributed by atoms with van der Waals surface area (Å²) < 4.78 is 10.8. The van der Waals surface area contributed by atoms with Gasteiger partial charge in [0.05, 0.1) is 17.6 Å². The molecular formula is C20H18ClN5O5. The van der Waals surface area contributed by atoms with Crippen molar-refractivity contribution in [2.24, 2.45) is 0 Å². The van der Waals surface area contributed by atoms with Gasteiger partial charge in [-0.05, 0) is 49.2 Å². The van der Waals surface area contributed by atoms with E-state index in [0.717, 1.165) is 17.5 Å². The summed E-state index contributed by atoms with van der Waals surface area (Å²) in [5.41, 5.74) is 6.00. The van der Waals surface area contributed by atoms with E-state index in [-0.39, 0.29) is 17.3 Å². The van der Waals surface area contributed by atoms with E-state index in [1.54, 1.807) is 50.2 Å². The molecule has 0 radical (unpaired) electrons. The summed E-state index contributed by atoms with van der Waals surface area (Å²) in [6.45, 7) is 3.58. The lowest BCUT2D eigenvalue weighted by Crippen LogP contribution is -2.30. The first-order valence-electron chi connectivity index (χ1n) is 8.95. The van der Waals surface area contributed by atoms with Crippen molar-refractivity contribution in [1.29, 1.82) is 0 Å². The molecule has 2 aromatic carbocycles. The third kappa shape index (κ3) is 4.81. The van der Waals surface area contributed by atoms with Gasteiger partial charge in [0, 0.05) is 5.02 Å². The quantitative estimate of drug-likeness (QED) is 0.410. The van der Waals surface area contributed by atoms with E-state index < -0.39 is 16.5 Å². The largest absolute Gasteiger partial charge is 0.496 e. The summed E-state index contributed by atoms with van der Waals surface area (Å²) >= 11 is 6.15. The molecule has 0 aliphatic heterocycles. The number of aromatic nitrogens is 2. The number of amides is 1. The van der Waals surface area contributed by atoms with Gasteiger partial charge in [0.2, 0.25) is 5.82 Å². The fourth-order valence-electron chi connectivity index (χ4n) is 2.79. The highest BCUT2D eigenvalue weighted by Gasteiger charge is 2.26. The number of nitro groups is 1. The Balaban J connectivity index is 1.87. The number of carbonyl (C=O) groups excluding carboxylic acids is 1. The Bertz CT molecular complexity index is 1130. The number of carbonyl (C=O) groups is 1. The molecule has 2 N–H and O–H groups in total. The number of ether oxygens (including phenoxy) is 2. The predicted molar refractivity (Wildman–Crippen MR) is 114 cm³/mol. The number of hydrazine groups is 1. The highest BCUT2D eigenvalue weighted by Crippen LogP contribution is 2.35. The minimum absolute atomic E-state index is 0.234. The van der Waals surface area contributed by atoms with Gasteiger partial charge in [0.1, 0.15) is 17.8 Å². The SMILES string of the molecule is COc1ccccc1C(=O)NNc1ncnc(Oc2cc(C)c(Cl)c(C)c2)c1[N+](=O)[O-]. The van der Waals surface area contributed by atoms with Crippen LogP contribution in [0.25, 0.3) is 0 Å². The lowest BCUT2D eigenvalue weighted by atomic mass is 10.1. The average Bonchev–Trinajstić information content (AvgIpc) is 2.75. The first-order valence-corrected chi connectivity index (χ1v) is 9.33. The first-order chi connectivity index (χ1) is 14.8. The van der Waals surface area contributed by atoms with Crippen molar-refractivity contribution in [3.05, 3.63) is 74.6 Å². The fraction of sp³-hybridized carbons (Fsp3) is 0.150. The molecule has 0 saturated carbocycles. The Morgan fingerprint density at radius 3 is 2.48 bits per heavy atom. The molecule has 0 saturated heterocycles. The molecule has 1 heterocycles. The standard InChI is InChI=1S/C20H18ClN5O5/c1-11-8-13(9-12(2)16(11)21)31-20-17(26(28)29)18(22-10-23-20)24-25-19(27)14-6-4-5-7-15(14)30-3/h4-10H,1-3H3,(H,25,27)(H,22,23,24). The van der Waals surface area contributed by atoms with Gasteiger partial charge in [-0.25, -0.2) is 4.98 Å². The van der Waals surface area contributed by atoms with Gasteiger partial charge in [0.25, 0.3) is 5.91 Å². The second-order valence-corrected chi connectivity index (χ2v) is 6.76. The summed E-state index contributed by atoms with van der Waals surface area (Å²) in [5.74, 6) is -0.450. The number of nitrogens with zero attached hydrogens (tertiary/aromatic N) is 3. The molecule has 10 nitrogen and oxygen atoms in total. The Morgan fingerprint density at radius 2 is 1.84 bits per heavy atom. The van der Waals surface area contributed by atoms with E-state index in [9.17, 15) is 14.9 Å². The second-order valence-electron chi connectivity index (χ2n) is 6.39. The van der Waals surface area contributed by atoms with E-state index in [1.165, 1.54) is 7.11 Å². The zero-order chi connectivity index (χ0) is 22.5. The van der Waals surface area contributed by atoms with E-state index in [2.05, 4.69) is 20.8 Å². The van der Waals surface area contributed by atoms with Crippen LogP contribution < -0.4 is 20.3 Å². The molecule has 0 spiro atoms. The molecule has 3 rings (SSSR count). The molecule has 0 unspecified atom stereocenters.